The lowest BCUT2D eigenvalue weighted by molar-refractivity contribution is -0.117. The molecule has 1 saturated carbocycles. The molecule has 1 fully saturated rings. The SMILES string of the molecule is CO[C@H]1CN(C)C(=O)c2cc(NC(=O)C3CC3)ccc2OC[C@H](C)N(C)C[C@H]1C. The fourth-order valence-electron chi connectivity index (χ4n) is 3.63. The number of hydrogen-bond acceptors (Lipinski definition) is 5. The molecule has 0 spiro atoms. The van der Waals surface area contributed by atoms with Crippen molar-refractivity contribution in [2.45, 2.75) is 38.8 Å². The number of likely N-dealkylation sites (N-methyl/N-ethyl adjacent to an activating group) is 2. The van der Waals surface area contributed by atoms with Crippen molar-refractivity contribution in [3.05, 3.63) is 23.8 Å². The molecule has 0 bridgehead atoms. The minimum absolute atomic E-state index is 0.0170. The van der Waals surface area contributed by atoms with Crippen LogP contribution in [0, 0.1) is 11.8 Å². The maximum Gasteiger partial charge on any atom is 0.257 e. The summed E-state index contributed by atoms with van der Waals surface area (Å²) < 4.78 is 11.7. The van der Waals surface area contributed by atoms with Crippen LogP contribution in [0.25, 0.3) is 0 Å². The Balaban J connectivity index is 1.89. The highest BCUT2D eigenvalue weighted by molar-refractivity contribution is 6.00. The van der Waals surface area contributed by atoms with E-state index < -0.39 is 0 Å². The third kappa shape index (κ3) is 5.28. The first-order valence-corrected chi connectivity index (χ1v) is 10.4. The molecule has 1 aliphatic carbocycles. The van der Waals surface area contributed by atoms with Crippen LogP contribution in [0.1, 0.15) is 37.0 Å². The number of rotatable bonds is 3. The van der Waals surface area contributed by atoms with Gasteiger partial charge in [-0.05, 0) is 50.9 Å². The zero-order valence-electron chi connectivity index (χ0n) is 18.1. The molecule has 3 atom stereocenters. The molecule has 0 unspecified atom stereocenters. The van der Waals surface area contributed by atoms with Gasteiger partial charge in [0.05, 0.1) is 11.7 Å². The van der Waals surface area contributed by atoms with E-state index in [1.807, 2.05) is 0 Å². The minimum atomic E-state index is -0.140. The Hall–Kier alpha value is -2.12. The molecular formula is C22H33N3O4. The highest BCUT2D eigenvalue weighted by atomic mass is 16.5. The first kappa shape index (κ1) is 21.6. The average molecular weight is 404 g/mol. The summed E-state index contributed by atoms with van der Waals surface area (Å²) in [4.78, 5) is 29.3. The molecular weight excluding hydrogens is 370 g/mol. The predicted octanol–water partition coefficient (Wildman–Crippen LogP) is 2.47. The van der Waals surface area contributed by atoms with Gasteiger partial charge in [0, 0.05) is 44.9 Å². The van der Waals surface area contributed by atoms with Gasteiger partial charge in [-0.3, -0.25) is 14.5 Å². The molecule has 7 heteroatoms. The maximum absolute atomic E-state index is 13.2. The molecule has 1 N–H and O–H groups in total. The van der Waals surface area contributed by atoms with E-state index in [9.17, 15) is 9.59 Å². The van der Waals surface area contributed by atoms with Crippen molar-refractivity contribution in [1.82, 2.24) is 9.80 Å². The number of nitrogens with zero attached hydrogens (tertiary/aromatic N) is 2. The molecule has 160 valence electrons. The van der Waals surface area contributed by atoms with E-state index in [2.05, 4.69) is 31.1 Å². The van der Waals surface area contributed by atoms with Gasteiger partial charge in [-0.15, -0.1) is 0 Å². The second kappa shape index (κ2) is 9.13. The highest BCUT2D eigenvalue weighted by Crippen LogP contribution is 2.31. The van der Waals surface area contributed by atoms with Crippen LogP contribution in [0.4, 0.5) is 5.69 Å². The number of anilines is 1. The summed E-state index contributed by atoms with van der Waals surface area (Å²) >= 11 is 0. The normalized spacial score (nSPS) is 26.7. The molecule has 7 nitrogen and oxygen atoms in total. The summed E-state index contributed by atoms with van der Waals surface area (Å²) in [5, 5.41) is 2.92. The van der Waals surface area contributed by atoms with E-state index in [0.717, 1.165) is 19.4 Å². The van der Waals surface area contributed by atoms with Crippen LogP contribution in [-0.4, -0.2) is 74.7 Å². The van der Waals surface area contributed by atoms with E-state index in [0.29, 0.717) is 30.2 Å². The number of benzene rings is 1. The van der Waals surface area contributed by atoms with Gasteiger partial charge in [0.25, 0.3) is 5.91 Å². The van der Waals surface area contributed by atoms with Gasteiger partial charge in [-0.1, -0.05) is 6.92 Å². The molecule has 1 aromatic rings. The summed E-state index contributed by atoms with van der Waals surface area (Å²) in [7, 11) is 5.55. The first-order valence-electron chi connectivity index (χ1n) is 10.4. The first-order chi connectivity index (χ1) is 13.8. The van der Waals surface area contributed by atoms with E-state index in [-0.39, 0.29) is 35.8 Å². The van der Waals surface area contributed by atoms with E-state index in [4.69, 9.17) is 9.47 Å². The Kier molecular flexibility index (Phi) is 6.80. The molecule has 2 aliphatic rings. The Morgan fingerprint density at radius 3 is 2.59 bits per heavy atom. The molecule has 0 aromatic heterocycles. The Morgan fingerprint density at radius 2 is 1.93 bits per heavy atom. The minimum Gasteiger partial charge on any atom is -0.491 e. The quantitative estimate of drug-likeness (QED) is 0.840. The number of carbonyl (C=O) groups is 2. The topological polar surface area (TPSA) is 71.1 Å². The Morgan fingerprint density at radius 1 is 1.21 bits per heavy atom. The second-order valence-corrected chi connectivity index (χ2v) is 8.51. The Labute approximate surface area is 173 Å². The lowest BCUT2D eigenvalue weighted by atomic mass is 10.0. The summed E-state index contributed by atoms with van der Waals surface area (Å²) in [6.07, 6.45) is 1.80. The van der Waals surface area contributed by atoms with Gasteiger partial charge in [-0.2, -0.15) is 0 Å². The molecule has 2 amide bonds. The number of methoxy groups -OCH3 is 1. The number of nitrogens with one attached hydrogen (secondary N) is 1. The molecule has 29 heavy (non-hydrogen) atoms. The Bertz CT molecular complexity index is 750. The number of fused-ring (bicyclic) bond motifs is 1. The van der Waals surface area contributed by atoms with Crippen molar-refractivity contribution >= 4 is 17.5 Å². The fourth-order valence-corrected chi connectivity index (χ4v) is 3.63. The van der Waals surface area contributed by atoms with Gasteiger partial charge >= 0.3 is 0 Å². The zero-order chi connectivity index (χ0) is 21.1. The zero-order valence-corrected chi connectivity index (χ0v) is 18.1. The maximum atomic E-state index is 13.2. The van der Waals surface area contributed by atoms with Crippen molar-refractivity contribution in [3.8, 4) is 5.75 Å². The van der Waals surface area contributed by atoms with Crippen LogP contribution >= 0.6 is 0 Å². The lowest BCUT2D eigenvalue weighted by Crippen LogP contribution is -2.45. The lowest BCUT2D eigenvalue weighted by Gasteiger charge is -2.34. The summed E-state index contributed by atoms with van der Waals surface area (Å²) in [5.74, 6) is 0.771. The third-order valence-corrected chi connectivity index (χ3v) is 5.97. The van der Waals surface area contributed by atoms with E-state index in [1.165, 1.54) is 0 Å². The van der Waals surface area contributed by atoms with Crippen molar-refractivity contribution < 1.29 is 19.1 Å². The fraction of sp³-hybridized carbons (Fsp3) is 0.636. The van der Waals surface area contributed by atoms with Crippen molar-refractivity contribution in [2.24, 2.45) is 11.8 Å². The molecule has 1 aliphatic heterocycles. The summed E-state index contributed by atoms with van der Waals surface area (Å²) in [6.45, 7) is 6.06. The van der Waals surface area contributed by atoms with Crippen LogP contribution in [0.2, 0.25) is 0 Å². The van der Waals surface area contributed by atoms with E-state index in [1.54, 1.807) is 37.3 Å². The molecule has 1 heterocycles. The number of amides is 2. The smallest absolute Gasteiger partial charge is 0.257 e. The van der Waals surface area contributed by atoms with Gasteiger partial charge in [0.15, 0.2) is 0 Å². The van der Waals surface area contributed by atoms with Crippen molar-refractivity contribution in [3.63, 3.8) is 0 Å². The van der Waals surface area contributed by atoms with Gasteiger partial charge < -0.3 is 19.7 Å². The highest BCUT2D eigenvalue weighted by Gasteiger charge is 2.30. The number of ether oxygens (including phenoxy) is 2. The predicted molar refractivity (Wildman–Crippen MR) is 112 cm³/mol. The van der Waals surface area contributed by atoms with Crippen LogP contribution < -0.4 is 10.1 Å². The summed E-state index contributed by atoms with van der Waals surface area (Å²) in [5.41, 5.74) is 1.08. The van der Waals surface area contributed by atoms with Crippen molar-refractivity contribution in [1.29, 1.82) is 0 Å². The van der Waals surface area contributed by atoms with E-state index >= 15 is 0 Å². The molecule has 1 aromatic carbocycles. The van der Waals surface area contributed by atoms with Crippen molar-refractivity contribution in [2.75, 3.05) is 46.2 Å². The largest absolute Gasteiger partial charge is 0.491 e. The van der Waals surface area contributed by atoms with Crippen LogP contribution in [0.5, 0.6) is 5.75 Å². The second-order valence-electron chi connectivity index (χ2n) is 8.51. The summed E-state index contributed by atoms with van der Waals surface area (Å²) in [6, 6.07) is 5.48. The van der Waals surface area contributed by atoms with Gasteiger partial charge in [-0.25, -0.2) is 0 Å². The number of carbonyl (C=O) groups excluding carboxylic acids is 2. The molecule has 3 rings (SSSR count). The number of hydrogen-bond donors (Lipinski definition) is 1. The average Bonchev–Trinajstić information content (AvgIpc) is 3.54. The monoisotopic (exact) mass is 403 g/mol. The third-order valence-electron chi connectivity index (χ3n) is 5.97. The van der Waals surface area contributed by atoms with Gasteiger partial charge in [0.2, 0.25) is 5.91 Å². The van der Waals surface area contributed by atoms with Crippen LogP contribution in [-0.2, 0) is 9.53 Å². The van der Waals surface area contributed by atoms with Crippen LogP contribution in [0.3, 0.4) is 0 Å². The van der Waals surface area contributed by atoms with Gasteiger partial charge in [0.1, 0.15) is 12.4 Å². The van der Waals surface area contributed by atoms with Crippen LogP contribution in [0.15, 0.2) is 18.2 Å². The standard InChI is InChI=1S/C22H33N3O4/c1-14-11-24(3)15(2)13-29-19-9-8-17(23-21(26)16-6-7-16)10-18(19)22(27)25(4)12-20(14)28-5/h8-10,14-16,20H,6-7,11-13H2,1-5H3,(H,23,26)/t14-,15+,20+/m1/s1. The molecule has 0 saturated heterocycles. The molecule has 0 radical (unpaired) electrons.